The van der Waals surface area contributed by atoms with E-state index in [9.17, 15) is 14.4 Å². The van der Waals surface area contributed by atoms with Gasteiger partial charge in [0, 0.05) is 5.41 Å². The molecule has 0 radical (unpaired) electrons. The zero-order valence-electron chi connectivity index (χ0n) is 22.4. The summed E-state index contributed by atoms with van der Waals surface area (Å²) < 4.78 is 5.51. The first kappa shape index (κ1) is 25.7. The fourth-order valence-electron chi connectivity index (χ4n) is 7.33. The van der Waals surface area contributed by atoms with Crippen LogP contribution < -0.4 is 0 Å². The molecule has 4 aliphatic carbocycles. The third-order valence-electron chi connectivity index (χ3n) is 10.3. The quantitative estimate of drug-likeness (QED) is 0.355. The van der Waals surface area contributed by atoms with Gasteiger partial charge in [-0.2, -0.15) is 0 Å². The number of fused-ring (bicyclic) bond motifs is 8. The highest BCUT2D eigenvalue weighted by molar-refractivity contribution is 6.04. The molecule has 0 spiro atoms. The highest BCUT2D eigenvalue weighted by Gasteiger charge is 2.70. The Bertz CT molecular complexity index is 796. The highest BCUT2D eigenvalue weighted by atomic mass is 16.5. The lowest BCUT2D eigenvalue weighted by Gasteiger charge is -2.53. The number of amides is 2. The first-order valence-corrected chi connectivity index (χ1v) is 14.1. The number of esters is 1. The van der Waals surface area contributed by atoms with Gasteiger partial charge in [0.05, 0.1) is 17.4 Å². The van der Waals surface area contributed by atoms with Crippen molar-refractivity contribution in [2.24, 2.45) is 40.4 Å². The third kappa shape index (κ3) is 4.34. The smallest absolute Gasteiger partial charge is 0.311 e. The molecule has 4 saturated carbocycles. The van der Waals surface area contributed by atoms with Gasteiger partial charge in [-0.1, -0.05) is 40.5 Å². The van der Waals surface area contributed by atoms with Gasteiger partial charge in [0.15, 0.2) is 0 Å². The van der Waals surface area contributed by atoms with Crippen molar-refractivity contribution in [2.75, 3.05) is 0 Å². The van der Waals surface area contributed by atoms with E-state index in [2.05, 4.69) is 0 Å². The summed E-state index contributed by atoms with van der Waals surface area (Å²) in [6.45, 7) is 11.9. The Morgan fingerprint density at radius 1 is 0.824 bits per heavy atom. The Balaban J connectivity index is 0.000000173. The Labute approximate surface area is 206 Å². The molecule has 0 aromatic carbocycles. The molecule has 0 N–H and O–H groups in total. The Morgan fingerprint density at radius 2 is 1.41 bits per heavy atom. The molecule has 2 amide bonds. The number of hydrogen-bond donors (Lipinski definition) is 0. The van der Waals surface area contributed by atoms with Crippen molar-refractivity contribution >= 4 is 17.8 Å². The number of ether oxygens (including phenoxy) is 1. The van der Waals surface area contributed by atoms with E-state index in [0.29, 0.717) is 11.8 Å². The van der Waals surface area contributed by atoms with E-state index in [1.807, 2.05) is 41.5 Å². The number of likely N-dealkylation sites (tertiary alicyclic amines) is 1. The average molecular weight is 474 g/mol. The van der Waals surface area contributed by atoms with Gasteiger partial charge in [-0.3, -0.25) is 19.3 Å². The molecule has 1 aliphatic heterocycles. The summed E-state index contributed by atoms with van der Waals surface area (Å²) >= 11 is 0. The van der Waals surface area contributed by atoms with Crippen LogP contribution in [0.1, 0.15) is 112 Å². The molecule has 5 aliphatic rings. The largest absolute Gasteiger partial charge is 0.462 e. The maximum atomic E-state index is 12.7. The predicted octanol–water partition coefficient (Wildman–Crippen LogP) is 6.14. The van der Waals surface area contributed by atoms with Crippen molar-refractivity contribution in [2.45, 2.75) is 124 Å². The van der Waals surface area contributed by atoms with Crippen LogP contribution in [0.2, 0.25) is 0 Å². The molecule has 192 valence electrons. The topological polar surface area (TPSA) is 63.7 Å². The fourth-order valence-corrected chi connectivity index (χ4v) is 7.33. The van der Waals surface area contributed by atoms with Crippen molar-refractivity contribution in [3.63, 3.8) is 0 Å². The summed E-state index contributed by atoms with van der Waals surface area (Å²) in [7, 11) is 0. The van der Waals surface area contributed by atoms with Crippen LogP contribution >= 0.6 is 0 Å². The first-order chi connectivity index (χ1) is 16.0. The minimum atomic E-state index is -0.391. The van der Waals surface area contributed by atoms with Crippen molar-refractivity contribution in [1.29, 1.82) is 0 Å². The molecule has 2 bridgehead atoms. The minimum absolute atomic E-state index is 0.0214. The van der Waals surface area contributed by atoms with E-state index >= 15 is 0 Å². The van der Waals surface area contributed by atoms with E-state index < -0.39 is 5.41 Å². The standard InChI is InChI=1S/C17H25NO2.C12H22O2/c1-4-17(2,3)16(20)18-14-12-8-11(13(14)15(18)19)9-6-5-7-10(9)12;1-4-12(2,3)11(13)14-10-8-6-5-7-9-10/h9-14H,4-8H2,1-3H3;10H,4-9H2,1-3H3. The van der Waals surface area contributed by atoms with E-state index in [0.717, 1.165) is 37.5 Å². The minimum Gasteiger partial charge on any atom is -0.462 e. The zero-order chi connectivity index (χ0) is 24.8. The highest BCUT2D eigenvalue weighted by Crippen LogP contribution is 2.65. The van der Waals surface area contributed by atoms with Gasteiger partial charge in [0.1, 0.15) is 6.10 Å². The van der Waals surface area contributed by atoms with Crippen molar-refractivity contribution in [3.8, 4) is 0 Å². The normalized spacial score (nSPS) is 34.6. The summed E-state index contributed by atoms with van der Waals surface area (Å²) in [5.41, 5.74) is -0.699. The molecule has 6 unspecified atom stereocenters. The molecule has 0 aromatic rings. The second kappa shape index (κ2) is 9.58. The molecular weight excluding hydrogens is 426 g/mol. The molecule has 5 nitrogen and oxygen atoms in total. The number of hydrogen-bond acceptors (Lipinski definition) is 4. The Morgan fingerprint density at radius 3 is 2.00 bits per heavy atom. The van der Waals surface area contributed by atoms with E-state index in [-0.39, 0.29) is 41.3 Å². The molecule has 5 heteroatoms. The molecule has 34 heavy (non-hydrogen) atoms. The molecule has 5 rings (SSSR count). The van der Waals surface area contributed by atoms with Crippen LogP contribution in [-0.4, -0.2) is 34.8 Å². The third-order valence-corrected chi connectivity index (χ3v) is 10.3. The zero-order valence-corrected chi connectivity index (χ0v) is 22.4. The SMILES string of the molecule is CCC(C)(C)C(=O)N1C(=O)C2C3CC(C4CCCC43)C21.CCC(C)(C)C(=O)OC1CCCCC1. The van der Waals surface area contributed by atoms with Crippen molar-refractivity contribution in [3.05, 3.63) is 0 Å². The van der Waals surface area contributed by atoms with Gasteiger partial charge in [0.25, 0.3) is 0 Å². The average Bonchev–Trinajstić information content (AvgIpc) is 3.51. The summed E-state index contributed by atoms with van der Waals surface area (Å²) in [6.07, 6.45) is 12.9. The Hall–Kier alpha value is -1.39. The number of nitrogens with zero attached hydrogens (tertiary/aromatic N) is 1. The van der Waals surface area contributed by atoms with E-state index in [4.69, 9.17) is 4.74 Å². The van der Waals surface area contributed by atoms with Gasteiger partial charge in [-0.15, -0.1) is 0 Å². The fraction of sp³-hybridized carbons (Fsp3) is 0.897. The van der Waals surface area contributed by atoms with Gasteiger partial charge < -0.3 is 4.74 Å². The second-order valence-electron chi connectivity index (χ2n) is 13.0. The summed E-state index contributed by atoms with van der Waals surface area (Å²) in [4.78, 5) is 38.7. The number of rotatable bonds is 5. The Kier molecular flexibility index (Phi) is 7.24. The van der Waals surface area contributed by atoms with Crippen LogP contribution in [0, 0.1) is 40.4 Å². The predicted molar refractivity (Wildman–Crippen MR) is 133 cm³/mol. The molecule has 1 heterocycles. The molecule has 6 atom stereocenters. The van der Waals surface area contributed by atoms with Crippen LogP contribution in [-0.2, 0) is 19.1 Å². The van der Waals surface area contributed by atoms with E-state index in [1.165, 1.54) is 44.9 Å². The van der Waals surface area contributed by atoms with Crippen molar-refractivity contribution < 1.29 is 19.1 Å². The molecule has 1 saturated heterocycles. The van der Waals surface area contributed by atoms with Crippen LogP contribution in [0.25, 0.3) is 0 Å². The maximum absolute atomic E-state index is 12.7. The van der Waals surface area contributed by atoms with Crippen molar-refractivity contribution in [1.82, 2.24) is 4.90 Å². The molecule has 5 fully saturated rings. The summed E-state index contributed by atoms with van der Waals surface area (Å²) in [5, 5.41) is 0. The van der Waals surface area contributed by atoms with Crippen LogP contribution in [0.15, 0.2) is 0 Å². The molecule has 0 aromatic heterocycles. The lowest BCUT2D eigenvalue weighted by molar-refractivity contribution is -0.178. The lowest BCUT2D eigenvalue weighted by Crippen LogP contribution is -2.68. The van der Waals surface area contributed by atoms with E-state index in [1.54, 1.807) is 4.90 Å². The van der Waals surface area contributed by atoms with Gasteiger partial charge in [0.2, 0.25) is 11.8 Å². The number of carbonyl (C=O) groups excluding carboxylic acids is 3. The van der Waals surface area contributed by atoms with Crippen LogP contribution in [0.3, 0.4) is 0 Å². The van der Waals surface area contributed by atoms with Gasteiger partial charge in [-0.05, 0) is 95.3 Å². The number of carbonyl (C=O) groups is 3. The van der Waals surface area contributed by atoms with Gasteiger partial charge >= 0.3 is 5.97 Å². The second-order valence-corrected chi connectivity index (χ2v) is 13.0. The maximum Gasteiger partial charge on any atom is 0.311 e. The van der Waals surface area contributed by atoms with Crippen LogP contribution in [0.4, 0.5) is 0 Å². The number of β-lactam (4-membered cyclic amide) rings is 1. The number of imide groups is 1. The summed E-state index contributed by atoms with van der Waals surface area (Å²) in [6, 6.07) is 0.269. The summed E-state index contributed by atoms with van der Waals surface area (Å²) in [5.74, 6) is 3.28. The lowest BCUT2D eigenvalue weighted by atomic mass is 9.66. The van der Waals surface area contributed by atoms with Crippen LogP contribution in [0.5, 0.6) is 0 Å². The molecular formula is C29H47NO4. The van der Waals surface area contributed by atoms with Gasteiger partial charge in [-0.25, -0.2) is 0 Å². The first-order valence-electron chi connectivity index (χ1n) is 14.1. The monoisotopic (exact) mass is 473 g/mol.